The van der Waals surface area contributed by atoms with Gasteiger partial charge in [-0.25, -0.2) is 8.78 Å². The average molecular weight is 353 g/mol. The molecule has 0 fully saturated rings. The number of nitrogens with one attached hydrogen (secondary N) is 2. The zero-order valence-corrected chi connectivity index (χ0v) is 13.4. The van der Waals surface area contributed by atoms with Gasteiger partial charge in [-0.1, -0.05) is 23.7 Å². The lowest BCUT2D eigenvalue weighted by molar-refractivity contribution is -0.126. The van der Waals surface area contributed by atoms with Gasteiger partial charge in [-0.15, -0.1) is 0 Å². The summed E-state index contributed by atoms with van der Waals surface area (Å²) in [5, 5.41) is 5.46. The number of carbonyl (C=O) groups excluding carboxylic acids is 2. The molecule has 0 bridgehead atoms. The highest BCUT2D eigenvalue weighted by Gasteiger charge is 2.12. The van der Waals surface area contributed by atoms with Crippen molar-refractivity contribution < 1.29 is 18.4 Å². The first-order valence-electron chi connectivity index (χ1n) is 7.20. The lowest BCUT2D eigenvalue weighted by Gasteiger charge is -2.07. The van der Waals surface area contributed by atoms with Crippen LogP contribution in [0.15, 0.2) is 42.5 Å². The van der Waals surface area contributed by atoms with E-state index in [4.69, 9.17) is 11.6 Å². The van der Waals surface area contributed by atoms with Crippen molar-refractivity contribution in [2.75, 3.05) is 11.9 Å². The largest absolute Gasteiger partial charge is 0.355 e. The first kappa shape index (κ1) is 17.9. The smallest absolute Gasteiger partial charge is 0.233 e. The highest BCUT2D eigenvalue weighted by atomic mass is 35.5. The monoisotopic (exact) mass is 352 g/mol. The topological polar surface area (TPSA) is 58.2 Å². The number of carbonyl (C=O) groups is 2. The molecule has 4 nitrogen and oxygen atoms in total. The molecule has 0 atom stereocenters. The van der Waals surface area contributed by atoms with Gasteiger partial charge in [0.05, 0.1) is 5.69 Å². The van der Waals surface area contributed by atoms with Crippen LogP contribution in [0, 0.1) is 11.6 Å². The number of hydrogen-bond donors (Lipinski definition) is 2. The van der Waals surface area contributed by atoms with E-state index in [1.807, 2.05) is 12.1 Å². The Labute approximate surface area is 142 Å². The molecule has 0 saturated heterocycles. The summed E-state index contributed by atoms with van der Waals surface area (Å²) >= 11 is 5.78. The molecule has 0 aliphatic heterocycles. The van der Waals surface area contributed by atoms with Crippen molar-refractivity contribution in [2.45, 2.75) is 12.8 Å². The van der Waals surface area contributed by atoms with Crippen molar-refractivity contribution in [3.05, 3.63) is 64.7 Å². The molecule has 2 aromatic rings. The second-order valence-electron chi connectivity index (χ2n) is 5.08. The maximum absolute atomic E-state index is 13.4. The molecule has 0 radical (unpaired) electrons. The second-order valence-corrected chi connectivity index (χ2v) is 5.51. The van der Waals surface area contributed by atoms with Crippen molar-refractivity contribution >= 4 is 29.1 Å². The third-order valence-electron chi connectivity index (χ3n) is 3.18. The van der Waals surface area contributed by atoms with Crippen molar-refractivity contribution in [3.63, 3.8) is 0 Å². The minimum atomic E-state index is -0.897. The van der Waals surface area contributed by atoms with Crippen LogP contribution in [-0.4, -0.2) is 18.4 Å². The summed E-state index contributed by atoms with van der Waals surface area (Å²) < 4.78 is 26.2. The van der Waals surface area contributed by atoms with E-state index in [-0.39, 0.29) is 5.69 Å². The summed E-state index contributed by atoms with van der Waals surface area (Å²) in [5.41, 5.74) is 0.827. The van der Waals surface area contributed by atoms with E-state index in [0.717, 1.165) is 17.7 Å². The molecule has 0 aliphatic rings. The highest BCUT2D eigenvalue weighted by Crippen LogP contribution is 2.15. The minimum Gasteiger partial charge on any atom is -0.355 e. The van der Waals surface area contributed by atoms with Gasteiger partial charge in [0.2, 0.25) is 11.8 Å². The molecule has 24 heavy (non-hydrogen) atoms. The van der Waals surface area contributed by atoms with E-state index < -0.39 is 29.9 Å². The first-order valence-corrected chi connectivity index (χ1v) is 7.58. The van der Waals surface area contributed by atoms with E-state index in [2.05, 4.69) is 10.6 Å². The molecule has 2 N–H and O–H groups in total. The molecule has 2 rings (SSSR count). The quantitative estimate of drug-likeness (QED) is 0.784. The maximum Gasteiger partial charge on any atom is 0.233 e. The van der Waals surface area contributed by atoms with E-state index in [0.29, 0.717) is 24.1 Å². The zero-order chi connectivity index (χ0) is 17.5. The van der Waals surface area contributed by atoms with Gasteiger partial charge in [-0.3, -0.25) is 9.59 Å². The van der Waals surface area contributed by atoms with Crippen LogP contribution in [0.1, 0.15) is 12.0 Å². The standard InChI is InChI=1S/C17H15ClF2N2O2/c18-12-3-1-11(2-4-12)7-8-21-16(23)10-17(24)22-15-6-5-13(19)9-14(15)20/h1-6,9H,7-8,10H2,(H,21,23)(H,22,24). The Morgan fingerprint density at radius 2 is 1.71 bits per heavy atom. The molecule has 0 aliphatic carbocycles. The predicted molar refractivity (Wildman–Crippen MR) is 87.8 cm³/mol. The van der Waals surface area contributed by atoms with Crippen LogP contribution in [0.4, 0.5) is 14.5 Å². The third kappa shape index (κ3) is 5.62. The van der Waals surface area contributed by atoms with E-state index in [9.17, 15) is 18.4 Å². The summed E-state index contributed by atoms with van der Waals surface area (Å²) in [7, 11) is 0. The SMILES string of the molecule is O=C(CC(=O)Nc1ccc(F)cc1F)NCCc1ccc(Cl)cc1. The number of anilines is 1. The molecule has 0 heterocycles. The molecule has 0 aromatic heterocycles. The van der Waals surface area contributed by atoms with Gasteiger partial charge in [0, 0.05) is 17.6 Å². The number of benzene rings is 2. The molecule has 0 saturated carbocycles. The number of amides is 2. The third-order valence-corrected chi connectivity index (χ3v) is 3.43. The number of rotatable bonds is 6. The van der Waals surface area contributed by atoms with Crippen LogP contribution in [0.2, 0.25) is 5.02 Å². The fourth-order valence-corrected chi connectivity index (χ4v) is 2.12. The maximum atomic E-state index is 13.4. The van der Waals surface area contributed by atoms with Gasteiger partial charge in [-0.2, -0.15) is 0 Å². The average Bonchev–Trinajstić information content (AvgIpc) is 2.52. The Balaban J connectivity index is 1.75. The zero-order valence-electron chi connectivity index (χ0n) is 12.6. The highest BCUT2D eigenvalue weighted by molar-refractivity contribution is 6.30. The van der Waals surface area contributed by atoms with Crippen LogP contribution in [0.3, 0.4) is 0 Å². The van der Waals surface area contributed by atoms with Gasteiger partial charge in [0.25, 0.3) is 0 Å². The van der Waals surface area contributed by atoms with Gasteiger partial charge in [0.15, 0.2) is 0 Å². The predicted octanol–water partition coefficient (Wildman–Crippen LogP) is 3.31. The first-order chi connectivity index (χ1) is 11.4. The lowest BCUT2D eigenvalue weighted by Crippen LogP contribution is -2.29. The molecule has 126 valence electrons. The molecule has 0 spiro atoms. The van der Waals surface area contributed by atoms with Crippen LogP contribution >= 0.6 is 11.6 Å². The Hall–Kier alpha value is -2.47. The van der Waals surface area contributed by atoms with Crippen molar-refractivity contribution in [1.82, 2.24) is 5.32 Å². The van der Waals surface area contributed by atoms with Crippen LogP contribution < -0.4 is 10.6 Å². The van der Waals surface area contributed by atoms with Crippen LogP contribution in [0.5, 0.6) is 0 Å². The fourth-order valence-electron chi connectivity index (χ4n) is 1.99. The Bertz CT molecular complexity index is 736. The van der Waals surface area contributed by atoms with Gasteiger partial charge >= 0.3 is 0 Å². The van der Waals surface area contributed by atoms with Gasteiger partial charge in [-0.05, 0) is 36.2 Å². The summed E-state index contributed by atoms with van der Waals surface area (Å²) in [6.45, 7) is 0.360. The summed E-state index contributed by atoms with van der Waals surface area (Å²) in [4.78, 5) is 23.4. The Morgan fingerprint density at radius 1 is 1.00 bits per heavy atom. The summed E-state index contributed by atoms with van der Waals surface area (Å²) in [5.74, 6) is -2.80. The van der Waals surface area contributed by atoms with Crippen LogP contribution in [-0.2, 0) is 16.0 Å². The number of hydrogen-bond acceptors (Lipinski definition) is 2. The van der Waals surface area contributed by atoms with Crippen molar-refractivity contribution in [2.24, 2.45) is 0 Å². The van der Waals surface area contributed by atoms with Crippen LogP contribution in [0.25, 0.3) is 0 Å². The summed E-state index contributed by atoms with van der Waals surface area (Å²) in [6.07, 6.45) is 0.147. The molecule has 0 unspecified atom stereocenters. The molecule has 2 amide bonds. The second kappa shape index (κ2) is 8.40. The Morgan fingerprint density at radius 3 is 2.38 bits per heavy atom. The summed E-state index contributed by atoms with van der Waals surface area (Å²) in [6, 6.07) is 9.97. The lowest BCUT2D eigenvalue weighted by atomic mass is 10.1. The normalized spacial score (nSPS) is 10.3. The van der Waals surface area contributed by atoms with Gasteiger partial charge in [0.1, 0.15) is 18.1 Å². The van der Waals surface area contributed by atoms with E-state index >= 15 is 0 Å². The fraction of sp³-hybridized carbons (Fsp3) is 0.176. The molecule has 7 heteroatoms. The number of halogens is 3. The van der Waals surface area contributed by atoms with E-state index in [1.165, 1.54) is 0 Å². The van der Waals surface area contributed by atoms with E-state index in [1.54, 1.807) is 12.1 Å². The minimum absolute atomic E-state index is 0.171. The molecular formula is C17H15ClF2N2O2. The van der Waals surface area contributed by atoms with Crippen molar-refractivity contribution in [3.8, 4) is 0 Å². The molecule has 2 aromatic carbocycles. The van der Waals surface area contributed by atoms with Crippen molar-refractivity contribution in [1.29, 1.82) is 0 Å². The van der Waals surface area contributed by atoms with Gasteiger partial charge < -0.3 is 10.6 Å². The Kier molecular flexibility index (Phi) is 6.26. The molecular weight excluding hydrogens is 338 g/mol.